The second-order valence-corrected chi connectivity index (χ2v) is 16.0. The van der Waals surface area contributed by atoms with Gasteiger partial charge >= 0.3 is 0 Å². The maximum atomic E-state index is 6.40. The van der Waals surface area contributed by atoms with Gasteiger partial charge in [0.15, 0.2) is 0 Å². The second-order valence-electron chi connectivity index (χ2n) is 16.0. The third-order valence-corrected chi connectivity index (χ3v) is 13.6. The molecule has 1 aromatic carbocycles. The van der Waals surface area contributed by atoms with Crippen LogP contribution in [0.15, 0.2) is 30.4 Å². The van der Waals surface area contributed by atoms with Crippen molar-refractivity contribution in [3.05, 3.63) is 30.4 Å². The molecule has 4 aliphatic carbocycles. The Morgan fingerprint density at radius 1 is 0.857 bits per heavy atom. The van der Waals surface area contributed by atoms with Crippen LogP contribution in [0.25, 0.3) is 0 Å². The lowest BCUT2D eigenvalue weighted by atomic mass is 9.44. The Morgan fingerprint density at radius 2 is 1.60 bits per heavy atom. The van der Waals surface area contributed by atoms with Crippen molar-refractivity contribution in [3.63, 3.8) is 0 Å². The van der Waals surface area contributed by atoms with Crippen molar-refractivity contribution in [2.75, 3.05) is 24.7 Å². The molecule has 0 saturated heterocycles. The predicted octanol–water partition coefficient (Wildman–Crippen LogP) is 9.54. The van der Waals surface area contributed by atoms with Crippen LogP contribution < -0.4 is 16.2 Å². The molecule has 4 fully saturated rings. The summed E-state index contributed by atoms with van der Waals surface area (Å²) in [5, 5.41) is 0. The summed E-state index contributed by atoms with van der Waals surface area (Å²) in [6, 6.07) is 5.38. The molecule has 0 radical (unpaired) electrons. The molecular weight excluding hydrogens is 516 g/mol. The molecule has 42 heavy (non-hydrogen) atoms. The third kappa shape index (κ3) is 6.40. The van der Waals surface area contributed by atoms with E-state index in [0.717, 1.165) is 47.3 Å². The van der Waals surface area contributed by atoms with E-state index in [1.54, 1.807) is 6.07 Å². The number of ether oxygens (including phenoxy) is 2. The summed E-state index contributed by atoms with van der Waals surface area (Å²) < 4.78 is 12.2. The average molecular weight is 579 g/mol. The lowest BCUT2D eigenvalue weighted by molar-refractivity contribution is -0.135. The van der Waals surface area contributed by atoms with Gasteiger partial charge in [-0.2, -0.15) is 0 Å². The number of nitrogen functional groups attached to an aromatic ring is 2. The molecule has 4 saturated carbocycles. The van der Waals surface area contributed by atoms with E-state index in [2.05, 4.69) is 47.6 Å². The summed E-state index contributed by atoms with van der Waals surface area (Å²) in [7, 11) is 0. The van der Waals surface area contributed by atoms with E-state index in [4.69, 9.17) is 20.9 Å². The van der Waals surface area contributed by atoms with Crippen LogP contribution >= 0.6 is 0 Å². The van der Waals surface area contributed by atoms with Crippen molar-refractivity contribution in [1.82, 2.24) is 0 Å². The van der Waals surface area contributed by atoms with Crippen LogP contribution in [0.2, 0.25) is 0 Å². The SMILES string of the molecule is CC(CC[C@H](C)C(C)C)C1CCC2C3CCC4CC(OCC=CCOc5ccc(N)cc5N)CC[C@]4(C)C3CC[C@]12C. The lowest BCUT2D eigenvalue weighted by Crippen LogP contribution is -2.54. The molecule has 0 amide bonds. The first-order chi connectivity index (χ1) is 20.0. The summed E-state index contributed by atoms with van der Waals surface area (Å²) >= 11 is 0. The first-order valence-electron chi connectivity index (χ1n) is 17.6. The van der Waals surface area contributed by atoms with Gasteiger partial charge in [-0.15, -0.1) is 0 Å². The van der Waals surface area contributed by atoms with Gasteiger partial charge in [-0.1, -0.05) is 60.5 Å². The van der Waals surface area contributed by atoms with Gasteiger partial charge in [0.1, 0.15) is 12.4 Å². The smallest absolute Gasteiger partial charge is 0.142 e. The molecule has 4 heteroatoms. The highest BCUT2D eigenvalue weighted by Crippen LogP contribution is 2.68. The van der Waals surface area contributed by atoms with Crippen molar-refractivity contribution in [3.8, 4) is 5.75 Å². The Morgan fingerprint density at radius 3 is 2.36 bits per heavy atom. The number of anilines is 2. The molecule has 4 aliphatic rings. The molecule has 0 spiro atoms. The van der Waals surface area contributed by atoms with E-state index in [9.17, 15) is 0 Å². The van der Waals surface area contributed by atoms with Gasteiger partial charge in [0.25, 0.3) is 0 Å². The maximum absolute atomic E-state index is 6.40. The van der Waals surface area contributed by atoms with Crippen molar-refractivity contribution >= 4 is 11.4 Å². The van der Waals surface area contributed by atoms with E-state index in [1.807, 2.05) is 18.2 Å². The third-order valence-electron chi connectivity index (χ3n) is 13.6. The first kappa shape index (κ1) is 31.7. The summed E-state index contributed by atoms with van der Waals surface area (Å²) in [5.74, 6) is 7.87. The standard InChI is InChI=1S/C38H62N2O2/c1-25(2)26(3)9-10-27(4)32-14-15-33-31-13-11-28-23-30(17-19-37(28,5)34(31)18-20-38(32,33)6)41-21-7-8-22-42-36-16-12-29(39)24-35(36)40/h7-8,12,16,24-28,30-34H,9-11,13-15,17-23,39-40H2,1-6H3/t26-,27?,28?,30?,31?,32?,33?,34?,37-,38+/m0/s1. The Kier molecular flexibility index (Phi) is 9.92. The average Bonchev–Trinajstić information content (AvgIpc) is 3.31. The van der Waals surface area contributed by atoms with E-state index >= 15 is 0 Å². The zero-order valence-corrected chi connectivity index (χ0v) is 27.7. The van der Waals surface area contributed by atoms with Crippen molar-refractivity contribution in [2.45, 2.75) is 118 Å². The minimum Gasteiger partial charge on any atom is -0.487 e. The molecule has 7 unspecified atom stereocenters. The molecule has 0 aromatic heterocycles. The molecular formula is C38H62N2O2. The van der Waals surface area contributed by atoms with Gasteiger partial charge in [-0.05, 0) is 140 Å². The number of nitrogens with two attached hydrogens (primary N) is 2. The van der Waals surface area contributed by atoms with Gasteiger partial charge in [0, 0.05) is 5.69 Å². The molecule has 1 aromatic rings. The van der Waals surface area contributed by atoms with Crippen LogP contribution in [0.3, 0.4) is 0 Å². The van der Waals surface area contributed by atoms with Crippen LogP contribution in [0.4, 0.5) is 11.4 Å². The van der Waals surface area contributed by atoms with Crippen molar-refractivity contribution in [2.24, 2.45) is 58.2 Å². The van der Waals surface area contributed by atoms with Crippen molar-refractivity contribution in [1.29, 1.82) is 0 Å². The quantitative estimate of drug-likeness (QED) is 0.203. The van der Waals surface area contributed by atoms with Crippen LogP contribution in [0.5, 0.6) is 5.75 Å². The minimum absolute atomic E-state index is 0.400. The fourth-order valence-corrected chi connectivity index (χ4v) is 10.6. The topological polar surface area (TPSA) is 70.5 Å². The normalized spacial score (nSPS) is 37.7. The zero-order valence-electron chi connectivity index (χ0n) is 27.7. The van der Waals surface area contributed by atoms with E-state index in [-0.39, 0.29) is 0 Å². The fraction of sp³-hybridized carbons (Fsp3) is 0.789. The van der Waals surface area contributed by atoms with Crippen molar-refractivity contribution < 1.29 is 9.47 Å². The maximum Gasteiger partial charge on any atom is 0.142 e. The molecule has 0 bridgehead atoms. The van der Waals surface area contributed by atoms with Crippen LogP contribution in [-0.4, -0.2) is 19.3 Å². The highest BCUT2D eigenvalue weighted by atomic mass is 16.5. The number of rotatable bonds is 11. The Labute approximate surface area is 257 Å². The summed E-state index contributed by atoms with van der Waals surface area (Å²) in [5.41, 5.74) is 14.1. The Bertz CT molecular complexity index is 1070. The zero-order chi connectivity index (χ0) is 30.1. The second kappa shape index (κ2) is 13.1. The van der Waals surface area contributed by atoms with Crippen LogP contribution in [-0.2, 0) is 4.74 Å². The first-order valence-corrected chi connectivity index (χ1v) is 17.6. The number of hydrogen-bond acceptors (Lipinski definition) is 4. The Balaban J connectivity index is 1.10. The van der Waals surface area contributed by atoms with Crippen LogP contribution in [0, 0.1) is 58.2 Å². The van der Waals surface area contributed by atoms with E-state index in [0.29, 0.717) is 47.3 Å². The summed E-state index contributed by atoms with van der Waals surface area (Å²) in [6.07, 6.45) is 20.0. The van der Waals surface area contributed by atoms with Gasteiger partial charge in [0.05, 0.1) is 18.4 Å². The molecule has 0 aliphatic heterocycles. The molecule has 10 atom stereocenters. The molecule has 236 valence electrons. The largest absolute Gasteiger partial charge is 0.487 e. The van der Waals surface area contributed by atoms with Gasteiger partial charge in [0.2, 0.25) is 0 Å². The monoisotopic (exact) mass is 578 g/mol. The number of hydrogen-bond donors (Lipinski definition) is 2. The Hall–Kier alpha value is -1.68. The minimum atomic E-state index is 0.400. The summed E-state index contributed by atoms with van der Waals surface area (Å²) in [4.78, 5) is 0. The van der Waals surface area contributed by atoms with Gasteiger partial charge < -0.3 is 20.9 Å². The summed E-state index contributed by atoms with van der Waals surface area (Å²) in [6.45, 7) is 16.4. The molecule has 4 nitrogen and oxygen atoms in total. The van der Waals surface area contributed by atoms with Crippen LogP contribution in [0.1, 0.15) is 112 Å². The van der Waals surface area contributed by atoms with Gasteiger partial charge in [-0.3, -0.25) is 0 Å². The number of benzene rings is 1. The highest BCUT2D eigenvalue weighted by molar-refractivity contribution is 5.60. The molecule has 5 rings (SSSR count). The van der Waals surface area contributed by atoms with E-state index < -0.39 is 0 Å². The van der Waals surface area contributed by atoms with Gasteiger partial charge in [-0.25, -0.2) is 0 Å². The lowest BCUT2D eigenvalue weighted by Gasteiger charge is -2.61. The number of fused-ring (bicyclic) bond motifs is 5. The predicted molar refractivity (Wildman–Crippen MR) is 177 cm³/mol. The van der Waals surface area contributed by atoms with E-state index in [1.165, 1.54) is 70.6 Å². The molecule has 4 N–H and O–H groups in total. The fourth-order valence-electron chi connectivity index (χ4n) is 10.6. The highest BCUT2D eigenvalue weighted by Gasteiger charge is 2.60. The molecule has 0 heterocycles.